The largest absolute Gasteiger partial charge is 0.348 e. The van der Waals surface area contributed by atoms with E-state index in [1.807, 2.05) is 59.5 Å². The minimum Gasteiger partial charge on any atom is -0.348 e. The maximum atomic E-state index is 12.8. The summed E-state index contributed by atoms with van der Waals surface area (Å²) >= 11 is 7.56. The highest BCUT2D eigenvalue weighted by Gasteiger charge is 2.24. The van der Waals surface area contributed by atoms with E-state index in [1.165, 1.54) is 17.3 Å². The van der Waals surface area contributed by atoms with Gasteiger partial charge >= 0.3 is 0 Å². The van der Waals surface area contributed by atoms with Gasteiger partial charge in [-0.25, -0.2) is 0 Å². The number of thioether (sulfide) groups is 1. The van der Waals surface area contributed by atoms with E-state index in [0.29, 0.717) is 23.7 Å². The van der Waals surface area contributed by atoms with Crippen molar-refractivity contribution in [2.45, 2.75) is 17.9 Å². The second-order valence-electron chi connectivity index (χ2n) is 6.98. The Balaban J connectivity index is 1.40. The van der Waals surface area contributed by atoms with Crippen molar-refractivity contribution in [2.75, 3.05) is 17.2 Å². The Kier molecular flexibility index (Phi) is 6.41. The lowest BCUT2D eigenvalue weighted by molar-refractivity contribution is -0.116. The molecule has 0 unspecified atom stereocenters. The minimum absolute atomic E-state index is 0.0521. The van der Waals surface area contributed by atoms with Gasteiger partial charge in [-0.1, -0.05) is 60.1 Å². The van der Waals surface area contributed by atoms with Crippen molar-refractivity contribution in [3.63, 3.8) is 0 Å². The Morgan fingerprint density at radius 2 is 1.70 bits per heavy atom. The molecule has 1 N–H and O–H groups in total. The molecule has 0 atom stereocenters. The van der Waals surface area contributed by atoms with Gasteiger partial charge in [0.05, 0.1) is 11.3 Å². The van der Waals surface area contributed by atoms with Gasteiger partial charge in [-0.2, -0.15) is 0 Å². The van der Waals surface area contributed by atoms with Gasteiger partial charge in [-0.3, -0.25) is 9.59 Å². The third-order valence-electron chi connectivity index (χ3n) is 5.07. The van der Waals surface area contributed by atoms with Crippen LogP contribution in [0.2, 0.25) is 5.02 Å². The first-order valence-electron chi connectivity index (χ1n) is 9.75. The molecule has 4 rings (SSSR count). The summed E-state index contributed by atoms with van der Waals surface area (Å²) in [4.78, 5) is 28.2. The molecule has 152 valence electrons. The van der Waals surface area contributed by atoms with Gasteiger partial charge in [0.25, 0.3) is 5.91 Å². The van der Waals surface area contributed by atoms with Crippen LogP contribution in [0.5, 0.6) is 0 Å². The van der Waals surface area contributed by atoms with E-state index in [4.69, 9.17) is 11.6 Å². The quantitative estimate of drug-likeness (QED) is 0.556. The number of halogens is 1. The van der Waals surface area contributed by atoms with Gasteiger partial charge in [0.15, 0.2) is 0 Å². The predicted molar refractivity (Wildman–Crippen MR) is 122 cm³/mol. The molecule has 2 amide bonds. The summed E-state index contributed by atoms with van der Waals surface area (Å²) in [5, 5.41) is 3.54. The highest BCUT2D eigenvalue weighted by Crippen LogP contribution is 2.29. The lowest BCUT2D eigenvalue weighted by atomic mass is 10.2. The van der Waals surface area contributed by atoms with E-state index in [1.54, 1.807) is 12.1 Å². The Hall–Kier alpha value is -2.76. The molecule has 3 aromatic carbocycles. The smallest absolute Gasteiger partial charge is 0.252 e. The fraction of sp³-hybridized carbons (Fsp3) is 0.167. The minimum atomic E-state index is -0.183. The van der Waals surface area contributed by atoms with E-state index >= 15 is 0 Å². The molecule has 1 aliphatic rings. The number of hydrogen-bond acceptors (Lipinski definition) is 3. The highest BCUT2D eigenvalue weighted by atomic mass is 35.5. The van der Waals surface area contributed by atoms with Crippen molar-refractivity contribution < 1.29 is 9.59 Å². The van der Waals surface area contributed by atoms with Gasteiger partial charge in [0, 0.05) is 28.7 Å². The van der Waals surface area contributed by atoms with Gasteiger partial charge in [0.1, 0.15) is 0 Å². The van der Waals surface area contributed by atoms with Crippen LogP contribution in [0.25, 0.3) is 0 Å². The van der Waals surface area contributed by atoms with Gasteiger partial charge in [-0.05, 0) is 41.8 Å². The van der Waals surface area contributed by atoms with Crippen LogP contribution < -0.4 is 10.2 Å². The Bertz CT molecular complexity index is 1090. The zero-order valence-corrected chi connectivity index (χ0v) is 17.9. The molecule has 1 heterocycles. The van der Waals surface area contributed by atoms with Crippen LogP contribution in [0.1, 0.15) is 21.5 Å². The van der Waals surface area contributed by atoms with E-state index in [2.05, 4.69) is 11.4 Å². The van der Waals surface area contributed by atoms with Gasteiger partial charge < -0.3 is 10.2 Å². The average Bonchev–Trinajstić information content (AvgIpc) is 3.21. The van der Waals surface area contributed by atoms with E-state index in [-0.39, 0.29) is 17.6 Å². The summed E-state index contributed by atoms with van der Waals surface area (Å²) in [6, 6.07) is 22.8. The summed E-state index contributed by atoms with van der Waals surface area (Å²) < 4.78 is 0. The van der Waals surface area contributed by atoms with Gasteiger partial charge in [0.2, 0.25) is 5.91 Å². The molecule has 0 spiro atoms. The van der Waals surface area contributed by atoms with E-state index in [0.717, 1.165) is 22.6 Å². The molecule has 0 bridgehead atoms. The topological polar surface area (TPSA) is 49.4 Å². The van der Waals surface area contributed by atoms with Crippen LogP contribution in [0.15, 0.2) is 77.7 Å². The molecule has 1 aliphatic heterocycles. The van der Waals surface area contributed by atoms with Crippen LogP contribution in [-0.4, -0.2) is 24.1 Å². The SMILES string of the molecule is O=C(NCc1ccccc1Cl)c1ccccc1SCC(=O)N1CCc2ccccc21. The fourth-order valence-corrected chi connectivity index (χ4v) is 4.64. The zero-order chi connectivity index (χ0) is 20.9. The standard InChI is InChI=1S/C24H21ClN2O2S/c25-20-10-4-1-8-18(20)15-26-24(29)19-9-3-6-12-22(19)30-16-23(28)27-14-13-17-7-2-5-11-21(17)27/h1-12H,13-16H2,(H,26,29). The van der Waals surface area contributed by atoms with Crippen LogP contribution >= 0.6 is 23.4 Å². The van der Waals surface area contributed by atoms with Crippen molar-refractivity contribution in [3.8, 4) is 0 Å². The molecule has 4 nitrogen and oxygen atoms in total. The second kappa shape index (κ2) is 9.37. The molecule has 0 radical (unpaired) electrons. The summed E-state index contributed by atoms with van der Waals surface area (Å²) in [5.74, 6) is 0.150. The normalized spacial score (nSPS) is 12.5. The first kappa shape index (κ1) is 20.5. The molecule has 0 aromatic heterocycles. The maximum Gasteiger partial charge on any atom is 0.252 e. The Morgan fingerprint density at radius 1 is 0.967 bits per heavy atom. The molecule has 0 fully saturated rings. The lowest BCUT2D eigenvalue weighted by Crippen LogP contribution is -2.30. The molecular weight excluding hydrogens is 416 g/mol. The first-order valence-corrected chi connectivity index (χ1v) is 11.1. The summed E-state index contributed by atoms with van der Waals surface area (Å²) in [5.41, 5.74) is 3.62. The molecule has 30 heavy (non-hydrogen) atoms. The Labute approximate surface area is 185 Å². The lowest BCUT2D eigenvalue weighted by Gasteiger charge is -2.17. The fourth-order valence-electron chi connectivity index (χ4n) is 3.51. The van der Waals surface area contributed by atoms with Crippen LogP contribution in [0.4, 0.5) is 5.69 Å². The van der Waals surface area contributed by atoms with Gasteiger partial charge in [-0.15, -0.1) is 11.8 Å². The van der Waals surface area contributed by atoms with E-state index < -0.39 is 0 Å². The third kappa shape index (κ3) is 4.53. The van der Waals surface area contributed by atoms with Crippen molar-refractivity contribution in [1.29, 1.82) is 0 Å². The number of benzene rings is 3. The van der Waals surface area contributed by atoms with Crippen molar-refractivity contribution in [1.82, 2.24) is 5.32 Å². The number of rotatable bonds is 6. The van der Waals surface area contributed by atoms with Crippen molar-refractivity contribution in [2.24, 2.45) is 0 Å². The molecule has 3 aromatic rings. The van der Waals surface area contributed by atoms with Crippen LogP contribution in [-0.2, 0) is 17.8 Å². The van der Waals surface area contributed by atoms with Crippen molar-refractivity contribution >= 4 is 40.9 Å². The maximum absolute atomic E-state index is 12.8. The number of para-hydroxylation sites is 1. The summed E-state index contributed by atoms with van der Waals surface area (Å²) in [6.45, 7) is 1.06. The average molecular weight is 437 g/mol. The highest BCUT2D eigenvalue weighted by molar-refractivity contribution is 8.00. The number of carbonyl (C=O) groups excluding carboxylic acids is 2. The monoisotopic (exact) mass is 436 g/mol. The second-order valence-corrected chi connectivity index (χ2v) is 8.41. The number of hydrogen-bond donors (Lipinski definition) is 1. The number of nitrogens with zero attached hydrogens (tertiary/aromatic N) is 1. The van der Waals surface area contributed by atoms with Crippen LogP contribution in [0.3, 0.4) is 0 Å². The molecule has 6 heteroatoms. The predicted octanol–water partition coefficient (Wildman–Crippen LogP) is 4.95. The molecule has 0 saturated heterocycles. The first-order chi connectivity index (χ1) is 14.6. The van der Waals surface area contributed by atoms with Crippen LogP contribution in [0, 0.1) is 0 Å². The number of fused-ring (bicyclic) bond motifs is 1. The summed E-state index contributed by atoms with van der Waals surface area (Å²) in [6.07, 6.45) is 0.883. The van der Waals surface area contributed by atoms with Crippen molar-refractivity contribution in [3.05, 3.63) is 94.5 Å². The Morgan fingerprint density at radius 3 is 2.57 bits per heavy atom. The number of carbonyl (C=O) groups is 2. The summed E-state index contributed by atoms with van der Waals surface area (Å²) in [7, 11) is 0. The molecular formula is C24H21ClN2O2S. The molecule has 0 aliphatic carbocycles. The number of amides is 2. The van der Waals surface area contributed by atoms with E-state index in [9.17, 15) is 9.59 Å². The zero-order valence-electron chi connectivity index (χ0n) is 16.3. The number of anilines is 1. The number of nitrogens with one attached hydrogen (secondary N) is 1. The molecule has 0 saturated carbocycles. The third-order valence-corrected chi connectivity index (χ3v) is 6.50.